The Hall–Kier alpha value is -2.24. The summed E-state index contributed by atoms with van der Waals surface area (Å²) < 4.78 is 4.94. The molecular weight excluding hydrogens is 270 g/mol. The number of nitrogens with one attached hydrogen (secondary N) is 1. The highest BCUT2D eigenvalue weighted by atomic mass is 16.5. The number of ether oxygens (including phenoxy) is 1. The molecule has 0 saturated carbocycles. The van der Waals surface area contributed by atoms with E-state index in [0.29, 0.717) is 30.0 Å². The Balaban J connectivity index is 2.74. The molecule has 21 heavy (non-hydrogen) atoms. The largest absolute Gasteiger partial charge is 0.462 e. The van der Waals surface area contributed by atoms with E-state index >= 15 is 0 Å². The minimum atomic E-state index is -0.464. The average molecular weight is 293 g/mol. The van der Waals surface area contributed by atoms with E-state index < -0.39 is 5.97 Å². The Bertz CT molecular complexity index is 499. The van der Waals surface area contributed by atoms with Crippen LogP contribution in [0.5, 0.6) is 0 Å². The minimum absolute atomic E-state index is 0.00881. The highest BCUT2D eigenvalue weighted by molar-refractivity contribution is 5.96. The Morgan fingerprint density at radius 2 is 1.90 bits per heavy atom. The quantitative estimate of drug-likeness (QED) is 0.590. The molecule has 1 rings (SSSR count). The van der Waals surface area contributed by atoms with Gasteiger partial charge in [0.05, 0.1) is 18.7 Å². The second-order valence-corrected chi connectivity index (χ2v) is 4.44. The van der Waals surface area contributed by atoms with Crippen LogP contribution >= 0.6 is 0 Å². The van der Waals surface area contributed by atoms with Crippen LogP contribution in [-0.2, 0) is 9.53 Å². The number of likely N-dealkylation sites (N-methyl/N-ethyl adjacent to an activating group) is 1. The molecule has 1 amide bonds. The summed E-state index contributed by atoms with van der Waals surface area (Å²) in [7, 11) is 0. The van der Waals surface area contributed by atoms with Gasteiger partial charge in [-0.25, -0.2) is 4.79 Å². The lowest BCUT2D eigenvalue weighted by molar-refractivity contribution is -0.128. The molecule has 0 aliphatic heterocycles. The van der Waals surface area contributed by atoms with E-state index in [4.69, 9.17) is 10.5 Å². The number of rotatable bonds is 7. The van der Waals surface area contributed by atoms with E-state index in [1.54, 1.807) is 30.0 Å². The smallest absolute Gasteiger partial charge is 0.340 e. The number of nitrogens with two attached hydrogens (primary N) is 1. The fraction of sp³-hybridized carbons (Fsp3) is 0.467. The standard InChI is InChI=1S/C15H23N3O3/c1-4-18(5-2)14(19)10-17-11-7-8-13(16)12(9-11)15(20)21-6-3/h7-9,17H,4-6,10,16H2,1-3H3. The van der Waals surface area contributed by atoms with Gasteiger partial charge in [-0.05, 0) is 39.0 Å². The number of amides is 1. The van der Waals surface area contributed by atoms with Crippen LogP contribution < -0.4 is 11.1 Å². The van der Waals surface area contributed by atoms with Gasteiger partial charge in [0.1, 0.15) is 0 Å². The van der Waals surface area contributed by atoms with Crippen molar-refractivity contribution >= 4 is 23.3 Å². The first kappa shape index (κ1) is 16.8. The van der Waals surface area contributed by atoms with Crippen LogP contribution in [0.2, 0.25) is 0 Å². The van der Waals surface area contributed by atoms with Crippen LogP contribution in [0.3, 0.4) is 0 Å². The van der Waals surface area contributed by atoms with Crippen molar-refractivity contribution in [3.05, 3.63) is 23.8 Å². The molecule has 0 bridgehead atoms. The average Bonchev–Trinajstić information content (AvgIpc) is 2.47. The van der Waals surface area contributed by atoms with Crippen molar-refractivity contribution in [3.8, 4) is 0 Å². The predicted octanol–water partition coefficient (Wildman–Crippen LogP) is 1.73. The molecular formula is C15H23N3O3. The number of hydrogen-bond donors (Lipinski definition) is 2. The first-order chi connectivity index (χ1) is 10.0. The second kappa shape index (κ2) is 8.14. The molecule has 0 unspecified atom stereocenters. The zero-order chi connectivity index (χ0) is 15.8. The van der Waals surface area contributed by atoms with Crippen LogP contribution in [0.4, 0.5) is 11.4 Å². The molecule has 0 fully saturated rings. The lowest BCUT2D eigenvalue weighted by Gasteiger charge is -2.19. The van der Waals surface area contributed by atoms with E-state index in [1.807, 2.05) is 13.8 Å². The van der Waals surface area contributed by atoms with Crippen molar-refractivity contribution in [1.29, 1.82) is 0 Å². The third-order valence-electron chi connectivity index (χ3n) is 3.11. The first-order valence-electron chi connectivity index (χ1n) is 7.11. The van der Waals surface area contributed by atoms with Crippen LogP contribution in [0.1, 0.15) is 31.1 Å². The van der Waals surface area contributed by atoms with E-state index in [9.17, 15) is 9.59 Å². The maximum atomic E-state index is 11.9. The van der Waals surface area contributed by atoms with Gasteiger partial charge in [0.15, 0.2) is 0 Å². The highest BCUT2D eigenvalue weighted by Gasteiger charge is 2.13. The van der Waals surface area contributed by atoms with Crippen LogP contribution in [0.15, 0.2) is 18.2 Å². The zero-order valence-corrected chi connectivity index (χ0v) is 12.8. The van der Waals surface area contributed by atoms with Crippen molar-refractivity contribution in [3.63, 3.8) is 0 Å². The monoisotopic (exact) mass is 293 g/mol. The van der Waals surface area contributed by atoms with Crippen LogP contribution in [-0.4, -0.2) is 43.0 Å². The van der Waals surface area contributed by atoms with Gasteiger partial charge in [-0.2, -0.15) is 0 Å². The molecule has 0 radical (unpaired) electrons. The normalized spacial score (nSPS) is 10.0. The topological polar surface area (TPSA) is 84.7 Å². The molecule has 0 aliphatic carbocycles. The highest BCUT2D eigenvalue weighted by Crippen LogP contribution is 2.18. The zero-order valence-electron chi connectivity index (χ0n) is 12.8. The van der Waals surface area contributed by atoms with Crippen molar-refractivity contribution in [2.45, 2.75) is 20.8 Å². The molecule has 0 heterocycles. The molecule has 0 aromatic heterocycles. The number of carbonyl (C=O) groups excluding carboxylic acids is 2. The third-order valence-corrected chi connectivity index (χ3v) is 3.11. The Morgan fingerprint density at radius 1 is 1.24 bits per heavy atom. The molecule has 6 nitrogen and oxygen atoms in total. The van der Waals surface area contributed by atoms with Gasteiger partial charge in [-0.1, -0.05) is 0 Å². The summed E-state index contributed by atoms with van der Waals surface area (Å²) in [5.74, 6) is -0.455. The lowest BCUT2D eigenvalue weighted by atomic mass is 10.1. The van der Waals surface area contributed by atoms with E-state index in [2.05, 4.69) is 5.32 Å². The molecule has 0 saturated heterocycles. The van der Waals surface area contributed by atoms with Gasteiger partial charge < -0.3 is 20.7 Å². The third kappa shape index (κ3) is 4.66. The molecule has 1 aromatic carbocycles. The van der Waals surface area contributed by atoms with Gasteiger partial charge in [0.25, 0.3) is 0 Å². The second-order valence-electron chi connectivity index (χ2n) is 4.44. The fourth-order valence-corrected chi connectivity index (χ4v) is 1.92. The molecule has 0 aliphatic rings. The molecule has 0 spiro atoms. The van der Waals surface area contributed by atoms with Crippen LogP contribution in [0.25, 0.3) is 0 Å². The summed E-state index contributed by atoms with van der Waals surface area (Å²) in [5.41, 5.74) is 7.08. The molecule has 0 atom stereocenters. The van der Waals surface area contributed by atoms with E-state index in [0.717, 1.165) is 0 Å². The maximum absolute atomic E-state index is 11.9. The molecule has 116 valence electrons. The molecule has 1 aromatic rings. The summed E-state index contributed by atoms with van der Waals surface area (Å²) in [6, 6.07) is 4.95. The van der Waals surface area contributed by atoms with Gasteiger partial charge in [0, 0.05) is 24.5 Å². The van der Waals surface area contributed by atoms with Gasteiger partial charge in [0.2, 0.25) is 5.91 Å². The number of esters is 1. The summed E-state index contributed by atoms with van der Waals surface area (Å²) in [6.07, 6.45) is 0. The fourth-order valence-electron chi connectivity index (χ4n) is 1.92. The lowest BCUT2D eigenvalue weighted by Crippen LogP contribution is -2.35. The number of nitrogen functional groups attached to an aromatic ring is 1. The summed E-state index contributed by atoms with van der Waals surface area (Å²) in [4.78, 5) is 25.4. The number of carbonyl (C=O) groups is 2. The summed E-state index contributed by atoms with van der Waals surface area (Å²) in [6.45, 7) is 7.41. The molecule has 6 heteroatoms. The predicted molar refractivity (Wildman–Crippen MR) is 83.2 cm³/mol. The number of nitrogens with zero attached hydrogens (tertiary/aromatic N) is 1. The molecule has 3 N–H and O–H groups in total. The maximum Gasteiger partial charge on any atom is 0.340 e. The van der Waals surface area contributed by atoms with Crippen molar-refractivity contribution in [2.75, 3.05) is 37.3 Å². The summed E-state index contributed by atoms with van der Waals surface area (Å²) in [5, 5.41) is 3.00. The van der Waals surface area contributed by atoms with Crippen molar-refractivity contribution in [1.82, 2.24) is 4.90 Å². The van der Waals surface area contributed by atoms with Crippen LogP contribution in [0, 0.1) is 0 Å². The first-order valence-corrected chi connectivity index (χ1v) is 7.11. The van der Waals surface area contributed by atoms with Crippen molar-refractivity contribution in [2.24, 2.45) is 0 Å². The number of anilines is 2. The van der Waals surface area contributed by atoms with Gasteiger partial charge in [-0.15, -0.1) is 0 Å². The van der Waals surface area contributed by atoms with Gasteiger partial charge in [-0.3, -0.25) is 4.79 Å². The van der Waals surface area contributed by atoms with Crippen molar-refractivity contribution < 1.29 is 14.3 Å². The SMILES string of the molecule is CCOC(=O)c1cc(NCC(=O)N(CC)CC)ccc1N. The Morgan fingerprint density at radius 3 is 2.48 bits per heavy atom. The van der Waals surface area contributed by atoms with E-state index in [-0.39, 0.29) is 19.1 Å². The van der Waals surface area contributed by atoms with E-state index in [1.165, 1.54) is 0 Å². The van der Waals surface area contributed by atoms with Gasteiger partial charge >= 0.3 is 5.97 Å². The number of benzene rings is 1. The summed E-state index contributed by atoms with van der Waals surface area (Å²) >= 11 is 0. The Kier molecular flexibility index (Phi) is 6.52. The number of hydrogen-bond acceptors (Lipinski definition) is 5. The Labute approximate surface area is 125 Å². The minimum Gasteiger partial charge on any atom is -0.462 e.